The summed E-state index contributed by atoms with van der Waals surface area (Å²) in [4.78, 5) is 28.3. The summed E-state index contributed by atoms with van der Waals surface area (Å²) >= 11 is 1.29. The van der Waals surface area contributed by atoms with Gasteiger partial charge >= 0.3 is 0 Å². The minimum Gasteiger partial charge on any atom is -0.326 e. The fourth-order valence-electron chi connectivity index (χ4n) is 3.84. The molecule has 2 amide bonds. The fourth-order valence-corrected chi connectivity index (χ4v) is 7.00. The number of carbonyl (C=O) groups excluding carboxylic acids is 2. The summed E-state index contributed by atoms with van der Waals surface area (Å²) < 4.78 is 51.7. The number of sulfone groups is 1. The Kier molecular flexibility index (Phi) is 6.95. The number of hydrogen-bond acceptors (Lipinski definition) is 8. The monoisotopic (exact) mass is 536 g/mol. The van der Waals surface area contributed by atoms with E-state index in [2.05, 4.69) is 15.6 Å². The van der Waals surface area contributed by atoms with E-state index in [1.165, 1.54) is 40.8 Å². The predicted octanol–water partition coefficient (Wildman–Crippen LogP) is 2.70. The number of carbonyl (C=O) groups is 2. The molecule has 3 aromatic rings. The predicted molar refractivity (Wildman–Crippen MR) is 134 cm³/mol. The molecular weight excluding hydrogens is 512 g/mol. The van der Waals surface area contributed by atoms with Crippen LogP contribution in [-0.2, 0) is 29.4 Å². The van der Waals surface area contributed by atoms with E-state index in [1.807, 2.05) is 0 Å². The van der Waals surface area contributed by atoms with Gasteiger partial charge in [-0.2, -0.15) is 4.31 Å². The standard InChI is InChI=1S/C22H24N4O6S3/c1-14(27)23-16-6-7-19-20(12-16)33-22(24-19)25-21(28)15-8-10-26(11-9-15)35(31,32)18-5-3-4-17(13-18)34(2,29)30/h3-7,12-13,15H,8-11H2,1-2H3,(H,23,27)(H,24,25,28). The number of amides is 2. The fraction of sp³-hybridized carbons (Fsp3) is 0.318. The minimum absolute atomic E-state index is 0.0622. The third-order valence-corrected chi connectivity index (χ3v) is 9.57. The molecule has 0 radical (unpaired) electrons. The number of sulfonamides is 1. The van der Waals surface area contributed by atoms with Crippen molar-refractivity contribution in [1.82, 2.24) is 9.29 Å². The van der Waals surface area contributed by atoms with Crippen LogP contribution in [0, 0.1) is 5.92 Å². The molecule has 0 bridgehead atoms. The Labute approximate surface area is 207 Å². The topological polar surface area (TPSA) is 143 Å². The van der Waals surface area contributed by atoms with Crippen LogP contribution in [0.1, 0.15) is 19.8 Å². The van der Waals surface area contributed by atoms with Crippen molar-refractivity contribution < 1.29 is 26.4 Å². The maximum atomic E-state index is 13.0. The van der Waals surface area contributed by atoms with Crippen LogP contribution >= 0.6 is 11.3 Å². The van der Waals surface area contributed by atoms with Crippen LogP contribution in [0.4, 0.5) is 10.8 Å². The molecule has 0 unspecified atom stereocenters. The molecule has 1 aliphatic heterocycles. The smallest absolute Gasteiger partial charge is 0.243 e. The summed E-state index contributed by atoms with van der Waals surface area (Å²) in [6.45, 7) is 1.71. The van der Waals surface area contributed by atoms with Gasteiger partial charge in [0.15, 0.2) is 15.0 Å². The summed E-state index contributed by atoms with van der Waals surface area (Å²) in [5, 5.41) is 5.95. The van der Waals surface area contributed by atoms with Crippen LogP contribution in [0.3, 0.4) is 0 Å². The number of piperidine rings is 1. The first-order valence-corrected chi connectivity index (χ1v) is 14.9. The van der Waals surface area contributed by atoms with Crippen LogP contribution in [0.15, 0.2) is 52.3 Å². The van der Waals surface area contributed by atoms with Crippen molar-refractivity contribution in [3.63, 3.8) is 0 Å². The van der Waals surface area contributed by atoms with Crippen LogP contribution < -0.4 is 10.6 Å². The van der Waals surface area contributed by atoms with Crippen LogP contribution in [0.2, 0.25) is 0 Å². The number of benzene rings is 2. The van der Waals surface area contributed by atoms with Gasteiger partial charge in [0.2, 0.25) is 21.8 Å². The number of anilines is 2. The van der Waals surface area contributed by atoms with Crippen LogP contribution in [0.5, 0.6) is 0 Å². The second-order valence-corrected chi connectivity index (χ2v) is 13.3. The molecule has 1 fully saturated rings. The van der Waals surface area contributed by atoms with Gasteiger partial charge in [-0.1, -0.05) is 17.4 Å². The Hall–Kier alpha value is -2.87. The van der Waals surface area contributed by atoms with Gasteiger partial charge in [0.05, 0.1) is 20.0 Å². The van der Waals surface area contributed by atoms with Crippen molar-refractivity contribution in [2.24, 2.45) is 5.92 Å². The average molecular weight is 537 g/mol. The molecule has 1 aromatic heterocycles. The first-order valence-electron chi connectivity index (χ1n) is 10.7. The van der Waals surface area contributed by atoms with Gasteiger partial charge in [0.25, 0.3) is 0 Å². The zero-order valence-corrected chi connectivity index (χ0v) is 21.5. The number of fused-ring (bicyclic) bond motifs is 1. The normalized spacial score (nSPS) is 15.7. The van der Waals surface area contributed by atoms with Gasteiger partial charge in [0, 0.05) is 37.9 Å². The highest BCUT2D eigenvalue weighted by Gasteiger charge is 2.32. The molecular formula is C22H24N4O6S3. The van der Waals surface area contributed by atoms with E-state index < -0.39 is 19.9 Å². The molecule has 1 aliphatic rings. The lowest BCUT2D eigenvalue weighted by Gasteiger charge is -2.30. The van der Waals surface area contributed by atoms with Gasteiger partial charge in [-0.05, 0) is 49.2 Å². The Bertz CT molecular complexity index is 1510. The van der Waals surface area contributed by atoms with E-state index in [4.69, 9.17) is 0 Å². The van der Waals surface area contributed by atoms with Crippen molar-refractivity contribution in [2.45, 2.75) is 29.6 Å². The van der Waals surface area contributed by atoms with Crippen molar-refractivity contribution >= 4 is 64.0 Å². The maximum absolute atomic E-state index is 13.0. The molecule has 0 aliphatic carbocycles. The molecule has 0 saturated carbocycles. The quantitative estimate of drug-likeness (QED) is 0.493. The molecule has 35 heavy (non-hydrogen) atoms. The van der Waals surface area contributed by atoms with Gasteiger partial charge in [0.1, 0.15) is 0 Å². The largest absolute Gasteiger partial charge is 0.326 e. The van der Waals surface area contributed by atoms with E-state index in [9.17, 15) is 26.4 Å². The lowest BCUT2D eigenvalue weighted by Crippen LogP contribution is -2.41. The number of thiazole rings is 1. The number of rotatable bonds is 6. The zero-order chi connectivity index (χ0) is 25.4. The lowest BCUT2D eigenvalue weighted by atomic mass is 9.97. The highest BCUT2D eigenvalue weighted by atomic mass is 32.2. The summed E-state index contributed by atoms with van der Waals surface area (Å²) in [6, 6.07) is 10.6. The highest BCUT2D eigenvalue weighted by molar-refractivity contribution is 7.91. The summed E-state index contributed by atoms with van der Waals surface area (Å²) in [5.74, 6) is -0.799. The van der Waals surface area contributed by atoms with E-state index in [-0.39, 0.29) is 40.6 Å². The van der Waals surface area contributed by atoms with Gasteiger partial charge in [-0.3, -0.25) is 9.59 Å². The first-order chi connectivity index (χ1) is 16.4. The Morgan fingerprint density at radius 2 is 1.69 bits per heavy atom. The van der Waals surface area contributed by atoms with Gasteiger partial charge < -0.3 is 10.6 Å². The van der Waals surface area contributed by atoms with Crippen LogP contribution in [0.25, 0.3) is 10.2 Å². The van der Waals surface area contributed by atoms with Gasteiger partial charge in [-0.25, -0.2) is 21.8 Å². The highest BCUT2D eigenvalue weighted by Crippen LogP contribution is 2.30. The molecule has 2 heterocycles. The van der Waals surface area contributed by atoms with Crippen molar-refractivity contribution in [3.05, 3.63) is 42.5 Å². The first kappa shape index (κ1) is 25.2. The Morgan fingerprint density at radius 1 is 1.00 bits per heavy atom. The van der Waals surface area contributed by atoms with E-state index in [0.717, 1.165) is 17.0 Å². The molecule has 2 aromatic carbocycles. The van der Waals surface area contributed by atoms with Crippen molar-refractivity contribution in [2.75, 3.05) is 30.0 Å². The number of nitrogens with one attached hydrogen (secondary N) is 2. The zero-order valence-electron chi connectivity index (χ0n) is 19.0. The lowest BCUT2D eigenvalue weighted by molar-refractivity contribution is -0.121. The van der Waals surface area contributed by atoms with E-state index in [0.29, 0.717) is 29.2 Å². The molecule has 10 nitrogen and oxygen atoms in total. The third kappa shape index (κ3) is 5.69. The molecule has 4 rings (SSSR count). The molecule has 13 heteroatoms. The molecule has 186 valence electrons. The van der Waals surface area contributed by atoms with E-state index >= 15 is 0 Å². The minimum atomic E-state index is -3.89. The average Bonchev–Trinajstić information content (AvgIpc) is 3.19. The summed E-state index contributed by atoms with van der Waals surface area (Å²) in [6.07, 6.45) is 1.68. The molecule has 1 saturated heterocycles. The molecule has 2 N–H and O–H groups in total. The molecule has 0 atom stereocenters. The molecule has 0 spiro atoms. The maximum Gasteiger partial charge on any atom is 0.243 e. The SMILES string of the molecule is CC(=O)Nc1ccc2nc(NC(=O)C3CCN(S(=O)(=O)c4cccc(S(C)(=O)=O)c4)CC3)sc2c1. The van der Waals surface area contributed by atoms with Crippen molar-refractivity contribution in [1.29, 1.82) is 0 Å². The number of nitrogens with zero attached hydrogens (tertiary/aromatic N) is 2. The number of aromatic nitrogens is 1. The second-order valence-electron chi connectivity index (χ2n) is 8.30. The van der Waals surface area contributed by atoms with Gasteiger partial charge in [-0.15, -0.1) is 0 Å². The van der Waals surface area contributed by atoms with Crippen LogP contribution in [-0.4, -0.2) is 57.3 Å². The third-order valence-electron chi connectivity index (χ3n) is 5.64. The van der Waals surface area contributed by atoms with Crippen molar-refractivity contribution in [3.8, 4) is 0 Å². The summed E-state index contributed by atoms with van der Waals surface area (Å²) in [5.41, 5.74) is 1.33. The number of hydrogen-bond donors (Lipinski definition) is 2. The Balaban J connectivity index is 1.40. The summed E-state index contributed by atoms with van der Waals surface area (Å²) in [7, 11) is -7.43. The van der Waals surface area contributed by atoms with E-state index in [1.54, 1.807) is 18.2 Å². The second kappa shape index (κ2) is 9.64. The Morgan fingerprint density at radius 3 is 2.34 bits per heavy atom.